The Bertz CT molecular complexity index is 972. The molecule has 0 radical (unpaired) electrons. The number of pyridine rings is 1. The van der Waals surface area contributed by atoms with Crippen molar-refractivity contribution >= 4 is 33.9 Å². The minimum atomic E-state index is -0.426. The molecular weight excluding hydrogens is 338 g/mol. The predicted octanol–water partition coefficient (Wildman–Crippen LogP) is 3.75. The van der Waals surface area contributed by atoms with Crippen LogP contribution in [0, 0.1) is 20.8 Å². The van der Waals surface area contributed by atoms with Gasteiger partial charge in [-0.25, -0.2) is 9.78 Å². The Morgan fingerprint density at radius 1 is 1.32 bits per heavy atom. The Hall–Kier alpha value is -2.67. The van der Waals surface area contributed by atoms with E-state index in [9.17, 15) is 9.59 Å². The van der Waals surface area contributed by atoms with E-state index < -0.39 is 5.97 Å². The van der Waals surface area contributed by atoms with Crippen LogP contribution in [-0.4, -0.2) is 27.9 Å². The van der Waals surface area contributed by atoms with Crippen LogP contribution in [0.5, 0.6) is 0 Å². The molecule has 3 aromatic rings. The zero-order valence-corrected chi connectivity index (χ0v) is 15.4. The fraction of sp³-hybridized carbons (Fsp3) is 0.278. The number of hydrogen-bond acceptors (Lipinski definition) is 5. The quantitative estimate of drug-likeness (QED) is 0.722. The van der Waals surface area contributed by atoms with Crippen LogP contribution in [0.1, 0.15) is 43.8 Å². The topological polar surface area (TPSA) is 72.7 Å². The molecule has 0 fully saturated rings. The third-order valence-corrected chi connectivity index (χ3v) is 5.06. The third-order valence-electron chi connectivity index (χ3n) is 3.94. The molecule has 0 aromatic carbocycles. The molecule has 1 N–H and O–H groups in total. The highest BCUT2D eigenvalue weighted by Gasteiger charge is 2.23. The number of carbonyl (C=O) groups is 2. The Labute approximate surface area is 149 Å². The van der Waals surface area contributed by atoms with Crippen molar-refractivity contribution in [2.75, 3.05) is 11.9 Å². The molecule has 0 bridgehead atoms. The lowest BCUT2D eigenvalue weighted by atomic mass is 10.1. The number of thiophene rings is 1. The van der Waals surface area contributed by atoms with Gasteiger partial charge in [0.2, 0.25) is 0 Å². The van der Waals surface area contributed by atoms with Crippen molar-refractivity contribution in [3.05, 3.63) is 51.8 Å². The van der Waals surface area contributed by atoms with Gasteiger partial charge < -0.3 is 14.5 Å². The molecule has 0 atom stereocenters. The second-order valence-corrected chi connectivity index (χ2v) is 6.98. The van der Waals surface area contributed by atoms with E-state index in [0.717, 1.165) is 16.0 Å². The van der Waals surface area contributed by atoms with Gasteiger partial charge >= 0.3 is 5.97 Å². The molecule has 0 aliphatic carbocycles. The number of nitrogens with zero attached hydrogens (tertiary/aromatic N) is 2. The van der Waals surface area contributed by atoms with Gasteiger partial charge in [0.1, 0.15) is 16.3 Å². The molecule has 3 rings (SSSR count). The highest BCUT2D eigenvalue weighted by Crippen LogP contribution is 2.33. The zero-order valence-electron chi connectivity index (χ0n) is 14.5. The average molecular weight is 357 g/mol. The lowest BCUT2D eigenvalue weighted by Gasteiger charge is -2.06. The molecule has 0 aliphatic heterocycles. The number of nitrogens with one attached hydrogen (secondary N) is 1. The van der Waals surface area contributed by atoms with Crippen molar-refractivity contribution in [2.24, 2.45) is 0 Å². The van der Waals surface area contributed by atoms with Gasteiger partial charge in [0.05, 0.1) is 12.2 Å². The lowest BCUT2D eigenvalue weighted by Crippen LogP contribution is -2.15. The van der Waals surface area contributed by atoms with Gasteiger partial charge in [0.25, 0.3) is 5.91 Å². The minimum absolute atomic E-state index is 0.284. The Morgan fingerprint density at radius 3 is 2.80 bits per heavy atom. The first-order chi connectivity index (χ1) is 11.9. The van der Waals surface area contributed by atoms with Crippen molar-refractivity contribution < 1.29 is 14.3 Å². The molecule has 3 heterocycles. The van der Waals surface area contributed by atoms with Crippen LogP contribution in [0.3, 0.4) is 0 Å². The number of amides is 1. The van der Waals surface area contributed by atoms with Crippen molar-refractivity contribution in [1.82, 2.24) is 9.38 Å². The maximum absolute atomic E-state index is 12.6. The number of anilines is 1. The summed E-state index contributed by atoms with van der Waals surface area (Å²) in [5.74, 6) is -0.779. The number of fused-ring (bicyclic) bond motifs is 1. The fourth-order valence-electron chi connectivity index (χ4n) is 2.52. The van der Waals surface area contributed by atoms with E-state index >= 15 is 0 Å². The van der Waals surface area contributed by atoms with Crippen LogP contribution in [0.25, 0.3) is 5.65 Å². The lowest BCUT2D eigenvalue weighted by molar-refractivity contribution is 0.0527. The molecule has 1 amide bonds. The molecule has 3 aromatic heterocycles. The molecule has 7 heteroatoms. The summed E-state index contributed by atoms with van der Waals surface area (Å²) in [6.45, 7) is 7.76. The van der Waals surface area contributed by atoms with Crippen molar-refractivity contribution in [3.63, 3.8) is 0 Å². The highest BCUT2D eigenvalue weighted by molar-refractivity contribution is 7.16. The number of aromatic nitrogens is 2. The van der Waals surface area contributed by atoms with E-state index in [1.807, 2.05) is 39.1 Å². The fourth-order valence-corrected chi connectivity index (χ4v) is 3.57. The summed E-state index contributed by atoms with van der Waals surface area (Å²) < 4.78 is 6.90. The van der Waals surface area contributed by atoms with E-state index in [1.165, 1.54) is 11.3 Å². The highest BCUT2D eigenvalue weighted by atomic mass is 32.1. The van der Waals surface area contributed by atoms with Crippen molar-refractivity contribution in [1.29, 1.82) is 0 Å². The first-order valence-corrected chi connectivity index (χ1v) is 8.76. The van der Waals surface area contributed by atoms with E-state index in [0.29, 0.717) is 21.9 Å². The number of ether oxygens (including phenoxy) is 1. The summed E-state index contributed by atoms with van der Waals surface area (Å²) >= 11 is 1.36. The molecule has 0 saturated heterocycles. The number of carbonyl (C=O) groups excluding carboxylic acids is 2. The van der Waals surface area contributed by atoms with Crippen LogP contribution in [-0.2, 0) is 4.74 Å². The maximum Gasteiger partial charge on any atom is 0.341 e. The van der Waals surface area contributed by atoms with Gasteiger partial charge in [-0.2, -0.15) is 0 Å². The van der Waals surface area contributed by atoms with Crippen LogP contribution >= 0.6 is 11.3 Å². The smallest absolute Gasteiger partial charge is 0.341 e. The van der Waals surface area contributed by atoms with E-state index in [4.69, 9.17) is 4.74 Å². The number of hydrogen-bond donors (Lipinski definition) is 1. The summed E-state index contributed by atoms with van der Waals surface area (Å²) in [5.41, 5.74) is 3.30. The molecule has 0 aliphatic rings. The van der Waals surface area contributed by atoms with E-state index in [1.54, 1.807) is 17.5 Å². The Morgan fingerprint density at radius 2 is 2.08 bits per heavy atom. The monoisotopic (exact) mass is 357 g/mol. The van der Waals surface area contributed by atoms with Gasteiger partial charge in [0, 0.05) is 17.3 Å². The van der Waals surface area contributed by atoms with Crippen molar-refractivity contribution in [3.8, 4) is 0 Å². The molecule has 130 valence electrons. The van der Waals surface area contributed by atoms with Crippen LogP contribution in [0.4, 0.5) is 5.00 Å². The standard InChI is InChI=1S/C18H19N3O3S/c1-5-24-18(23)15-11(3)12(4)25-17(15)20-16(22)13-9-21-7-6-10(2)8-14(21)19-13/h6-9H,5H2,1-4H3,(H,20,22). The van der Waals surface area contributed by atoms with E-state index in [-0.39, 0.29) is 12.5 Å². The number of rotatable bonds is 4. The Balaban J connectivity index is 1.92. The predicted molar refractivity (Wildman–Crippen MR) is 97.6 cm³/mol. The number of imidazole rings is 1. The second kappa shape index (κ2) is 6.68. The van der Waals surface area contributed by atoms with Crippen LogP contribution in [0.2, 0.25) is 0 Å². The molecule has 0 unspecified atom stereocenters. The average Bonchev–Trinajstić information content (AvgIpc) is 3.09. The van der Waals surface area contributed by atoms with Gasteiger partial charge in [-0.15, -0.1) is 11.3 Å². The maximum atomic E-state index is 12.6. The molecule has 0 spiro atoms. The minimum Gasteiger partial charge on any atom is -0.462 e. The van der Waals surface area contributed by atoms with Gasteiger partial charge in [0.15, 0.2) is 0 Å². The summed E-state index contributed by atoms with van der Waals surface area (Å²) in [5, 5.41) is 3.30. The molecule has 0 saturated carbocycles. The SMILES string of the molecule is CCOC(=O)c1c(NC(=O)c2cn3ccc(C)cc3n2)sc(C)c1C. The number of aryl methyl sites for hydroxylation is 2. The second-order valence-electron chi connectivity index (χ2n) is 5.76. The third kappa shape index (κ3) is 3.28. The van der Waals surface area contributed by atoms with E-state index in [2.05, 4.69) is 10.3 Å². The Kier molecular flexibility index (Phi) is 4.59. The summed E-state index contributed by atoms with van der Waals surface area (Å²) in [7, 11) is 0. The molecular formula is C18H19N3O3S. The zero-order chi connectivity index (χ0) is 18.1. The van der Waals surface area contributed by atoms with Gasteiger partial charge in [-0.3, -0.25) is 4.79 Å². The van der Waals surface area contributed by atoms with Gasteiger partial charge in [-0.05, 0) is 51.0 Å². The van der Waals surface area contributed by atoms with Crippen LogP contribution in [0.15, 0.2) is 24.5 Å². The van der Waals surface area contributed by atoms with Crippen molar-refractivity contribution in [2.45, 2.75) is 27.7 Å². The first-order valence-electron chi connectivity index (χ1n) is 7.94. The summed E-state index contributed by atoms with van der Waals surface area (Å²) in [6, 6.07) is 3.85. The molecule has 6 nitrogen and oxygen atoms in total. The largest absolute Gasteiger partial charge is 0.462 e. The summed E-state index contributed by atoms with van der Waals surface area (Å²) in [4.78, 5) is 30.1. The molecule has 25 heavy (non-hydrogen) atoms. The number of esters is 1. The van der Waals surface area contributed by atoms with Crippen LogP contribution < -0.4 is 5.32 Å². The van der Waals surface area contributed by atoms with Gasteiger partial charge in [-0.1, -0.05) is 0 Å². The summed E-state index contributed by atoms with van der Waals surface area (Å²) in [6.07, 6.45) is 3.53. The normalized spacial score (nSPS) is 10.9. The first kappa shape index (κ1) is 17.2.